The zero-order chi connectivity index (χ0) is 35.5. The van der Waals surface area contributed by atoms with Crippen molar-refractivity contribution in [3.63, 3.8) is 0 Å². The lowest BCUT2D eigenvalue weighted by atomic mass is 9.98. The molecule has 8 nitrogen and oxygen atoms in total. The van der Waals surface area contributed by atoms with Crippen LogP contribution in [0.15, 0.2) is 150 Å². The standard InChI is InChI=1S/C41H40O8S2/c1-30-22-24-35(25-23-30)51(43,44)50-41-39(49-40(42)34-20-12-5-13-21-34)38(47-28-33-18-10-4-11-19-33)37(46-27-32-16-8-3-9-17-32)36(48-41)29-45-26-31-14-6-2-7-15-31/h2-25,36-39,41H,26-29H2,1H3/t36-,37+,38-,39-,41+/m1/s1/i40+0. The highest BCUT2D eigenvalue weighted by Gasteiger charge is 2.51. The fraction of sp³-hybridized carbons (Fsp3) is 0.244. The molecule has 1 saturated heterocycles. The molecule has 6 rings (SSSR count). The van der Waals surface area contributed by atoms with Crippen molar-refractivity contribution in [1.29, 1.82) is 0 Å². The molecule has 0 spiro atoms. The number of rotatable bonds is 15. The van der Waals surface area contributed by atoms with Gasteiger partial charge in [0.2, 0.25) is 8.87 Å². The number of ether oxygens (including phenoxy) is 5. The van der Waals surface area contributed by atoms with E-state index in [1.165, 1.54) is 0 Å². The molecule has 5 aromatic rings. The lowest BCUT2D eigenvalue weighted by Gasteiger charge is -2.45. The van der Waals surface area contributed by atoms with Crippen LogP contribution in [0.3, 0.4) is 0 Å². The van der Waals surface area contributed by atoms with E-state index in [4.69, 9.17) is 23.7 Å². The molecule has 0 aromatic heterocycles. The summed E-state index contributed by atoms with van der Waals surface area (Å²) in [5.74, 6) is -0.642. The molecule has 1 aliphatic rings. The third kappa shape index (κ3) is 10.2. The molecule has 0 N–H and O–H groups in total. The van der Waals surface area contributed by atoms with Crippen LogP contribution in [0.1, 0.15) is 32.6 Å². The van der Waals surface area contributed by atoms with E-state index in [0.29, 0.717) is 23.0 Å². The maximum absolute atomic E-state index is 13.9. The van der Waals surface area contributed by atoms with Gasteiger partial charge in [-0.15, -0.1) is 0 Å². The monoisotopic (exact) mass is 724 g/mol. The van der Waals surface area contributed by atoms with E-state index in [2.05, 4.69) is 0 Å². The molecule has 0 radical (unpaired) electrons. The molecule has 10 heteroatoms. The van der Waals surface area contributed by atoms with Crippen molar-refractivity contribution in [2.75, 3.05) is 6.61 Å². The average molecular weight is 725 g/mol. The van der Waals surface area contributed by atoms with Crippen LogP contribution in [-0.2, 0) is 52.4 Å². The van der Waals surface area contributed by atoms with Gasteiger partial charge >= 0.3 is 5.97 Å². The Morgan fingerprint density at radius 1 is 0.627 bits per heavy atom. The summed E-state index contributed by atoms with van der Waals surface area (Å²) in [6, 6.07) is 44.1. The number of carbonyl (C=O) groups is 1. The van der Waals surface area contributed by atoms with Crippen molar-refractivity contribution in [3.8, 4) is 0 Å². The van der Waals surface area contributed by atoms with Gasteiger partial charge in [0.05, 0.1) is 36.9 Å². The van der Waals surface area contributed by atoms with E-state index in [9.17, 15) is 13.2 Å². The minimum atomic E-state index is -4.00. The van der Waals surface area contributed by atoms with Crippen LogP contribution in [0, 0.1) is 6.92 Å². The summed E-state index contributed by atoms with van der Waals surface area (Å²) >= 11 is 0. The topological polar surface area (TPSA) is 97.4 Å². The Bertz CT molecular complexity index is 1910. The first kappa shape index (κ1) is 36.5. The largest absolute Gasteiger partial charge is 0.452 e. The first-order valence-corrected chi connectivity index (χ1v) is 19.6. The Morgan fingerprint density at radius 3 is 1.67 bits per heavy atom. The Hall–Kier alpha value is -4.29. The molecule has 1 aliphatic heterocycles. The Morgan fingerprint density at radius 2 is 1.12 bits per heavy atom. The maximum atomic E-state index is 13.9. The van der Waals surface area contributed by atoms with Gasteiger partial charge in [-0.2, -0.15) is 0 Å². The summed E-state index contributed by atoms with van der Waals surface area (Å²) in [7, 11) is -3.41. The van der Waals surface area contributed by atoms with Crippen molar-refractivity contribution in [1.82, 2.24) is 0 Å². The second-order valence-corrected chi connectivity index (χ2v) is 16.1. The Kier molecular flexibility index (Phi) is 12.7. The molecular formula is C41H40O8S2. The van der Waals surface area contributed by atoms with Gasteiger partial charge in [0.15, 0.2) is 11.5 Å². The number of hydrogen-bond acceptors (Lipinski definition) is 9. The van der Waals surface area contributed by atoms with Crippen LogP contribution in [0.2, 0.25) is 0 Å². The van der Waals surface area contributed by atoms with Crippen LogP contribution in [0.5, 0.6) is 0 Å². The molecule has 264 valence electrons. The van der Waals surface area contributed by atoms with E-state index in [1.54, 1.807) is 54.6 Å². The summed E-state index contributed by atoms with van der Waals surface area (Å²) in [4.78, 5) is 13.8. The van der Waals surface area contributed by atoms with E-state index in [0.717, 1.165) is 22.3 Å². The van der Waals surface area contributed by atoms with Crippen molar-refractivity contribution in [3.05, 3.63) is 173 Å². The lowest BCUT2D eigenvalue weighted by Crippen LogP contribution is -2.61. The Balaban J connectivity index is 1.37. The van der Waals surface area contributed by atoms with Crippen LogP contribution >= 0.6 is 10.8 Å². The smallest absolute Gasteiger partial charge is 0.338 e. The summed E-state index contributed by atoms with van der Waals surface area (Å²) in [5, 5.41) is 0. The predicted molar refractivity (Wildman–Crippen MR) is 196 cm³/mol. The van der Waals surface area contributed by atoms with Gasteiger partial charge in [-0.25, -0.2) is 13.2 Å². The van der Waals surface area contributed by atoms with Gasteiger partial charge in [-0.1, -0.05) is 127 Å². The summed E-state index contributed by atoms with van der Waals surface area (Å²) < 4.78 is 60.1. The highest BCUT2D eigenvalue weighted by Crippen LogP contribution is 2.39. The van der Waals surface area contributed by atoms with Crippen molar-refractivity contribution in [2.24, 2.45) is 0 Å². The molecule has 0 bridgehead atoms. The van der Waals surface area contributed by atoms with E-state index < -0.39 is 44.7 Å². The number of hydrogen-bond donors (Lipinski definition) is 0. The maximum Gasteiger partial charge on any atom is 0.338 e. The molecule has 0 unspecified atom stereocenters. The predicted octanol–water partition coefficient (Wildman–Crippen LogP) is 7.76. The zero-order valence-electron chi connectivity index (χ0n) is 28.2. The highest BCUT2D eigenvalue weighted by atomic mass is 33.1. The fourth-order valence-corrected chi connectivity index (χ4v) is 8.88. The van der Waals surface area contributed by atoms with Crippen LogP contribution < -0.4 is 0 Å². The van der Waals surface area contributed by atoms with Crippen LogP contribution in [0.4, 0.5) is 0 Å². The van der Waals surface area contributed by atoms with Gasteiger partial charge in [0, 0.05) is 10.8 Å². The summed E-state index contributed by atoms with van der Waals surface area (Å²) in [5.41, 5.74) is 2.79. The van der Waals surface area contributed by atoms with Gasteiger partial charge in [-0.3, -0.25) is 0 Å². The van der Waals surface area contributed by atoms with Gasteiger partial charge < -0.3 is 23.7 Å². The van der Waals surface area contributed by atoms with Crippen molar-refractivity contribution < 1.29 is 36.9 Å². The summed E-state index contributed by atoms with van der Waals surface area (Å²) in [6.45, 7) is 2.59. The van der Waals surface area contributed by atoms with E-state index in [-0.39, 0.29) is 24.7 Å². The normalized spacial score (nSPS) is 20.5. The molecule has 0 aliphatic carbocycles. The quantitative estimate of drug-likeness (QED) is 0.0793. The molecular weight excluding hydrogens is 685 g/mol. The van der Waals surface area contributed by atoms with Gasteiger partial charge in [0.25, 0.3) is 0 Å². The molecule has 0 saturated carbocycles. The first-order valence-electron chi connectivity index (χ1n) is 16.7. The molecule has 5 atom stereocenters. The average Bonchev–Trinajstić information content (AvgIpc) is 3.16. The SMILES string of the molecule is Cc1ccc(S(=O)(=O)S[C@@H]2O[C@H](COCc3ccccc3)[C@H](OCc3ccccc3)[C@@H](OCc3ccccc3)[C@H]2O[12C](=O)c2ccccc2)cc1. The van der Waals surface area contributed by atoms with Gasteiger partial charge in [0.1, 0.15) is 18.3 Å². The van der Waals surface area contributed by atoms with E-state index in [1.807, 2.05) is 97.9 Å². The van der Waals surface area contributed by atoms with Crippen molar-refractivity contribution >= 4 is 25.6 Å². The number of aryl methyl sites for hydroxylation is 1. The van der Waals surface area contributed by atoms with Crippen molar-refractivity contribution in [2.45, 2.75) is 61.5 Å². The second-order valence-electron chi connectivity index (χ2n) is 12.2. The summed E-state index contributed by atoms with van der Waals surface area (Å²) in [6.07, 6.45) is -3.77. The Labute approximate surface area is 303 Å². The number of benzene rings is 5. The van der Waals surface area contributed by atoms with E-state index >= 15 is 0 Å². The molecule has 51 heavy (non-hydrogen) atoms. The molecule has 5 aromatic carbocycles. The fourth-order valence-electron chi connectivity index (χ4n) is 5.66. The zero-order valence-corrected chi connectivity index (χ0v) is 29.8. The minimum absolute atomic E-state index is 0.0561. The lowest BCUT2D eigenvalue weighted by molar-refractivity contribution is -0.242. The van der Waals surface area contributed by atoms with Crippen LogP contribution in [-0.4, -0.2) is 50.8 Å². The second kappa shape index (κ2) is 17.8. The third-order valence-electron chi connectivity index (χ3n) is 8.34. The van der Waals surface area contributed by atoms with Crippen LogP contribution in [0.25, 0.3) is 0 Å². The minimum Gasteiger partial charge on any atom is -0.452 e. The highest BCUT2D eigenvalue weighted by molar-refractivity contribution is 8.72. The first-order chi connectivity index (χ1) is 24.9. The number of esters is 1. The molecule has 1 heterocycles. The third-order valence-corrected chi connectivity index (χ3v) is 11.9. The molecule has 0 amide bonds. The van der Waals surface area contributed by atoms with Gasteiger partial charge in [-0.05, 0) is 47.9 Å². The number of carbonyl (C=O) groups excluding carboxylic acids is 1. The molecule has 1 fully saturated rings.